The average molecular weight is 485 g/mol. The smallest absolute Gasteiger partial charge is 0.263 e. The van der Waals surface area contributed by atoms with E-state index in [0.717, 1.165) is 35.3 Å². The van der Waals surface area contributed by atoms with E-state index in [1.165, 1.54) is 35.3 Å². The Morgan fingerprint density at radius 1 is 1.15 bits per heavy atom. The number of nitrogens with zero attached hydrogens (tertiary/aromatic N) is 3. The lowest BCUT2D eigenvalue weighted by Gasteiger charge is -2.19. The summed E-state index contributed by atoms with van der Waals surface area (Å²) in [5, 5.41) is 12.4. The summed E-state index contributed by atoms with van der Waals surface area (Å²) in [5.41, 5.74) is 2.74. The molecule has 0 saturated carbocycles. The van der Waals surface area contributed by atoms with Crippen LogP contribution in [0.15, 0.2) is 36.4 Å². The van der Waals surface area contributed by atoms with Crippen molar-refractivity contribution in [2.45, 2.75) is 40.5 Å². The first-order valence-corrected chi connectivity index (χ1v) is 12.0. The van der Waals surface area contributed by atoms with E-state index in [0.29, 0.717) is 29.8 Å². The van der Waals surface area contributed by atoms with Gasteiger partial charge >= 0.3 is 0 Å². The highest BCUT2D eigenvalue weighted by Crippen LogP contribution is 2.34. The number of rotatable bonds is 10. The fraction of sp³-hybridized carbons (Fsp3) is 0.360. The maximum absolute atomic E-state index is 14.3. The number of halogens is 1. The van der Waals surface area contributed by atoms with Crippen LogP contribution in [0.5, 0.6) is 5.75 Å². The molecule has 0 aliphatic rings. The van der Waals surface area contributed by atoms with Crippen LogP contribution < -0.4 is 15.0 Å². The van der Waals surface area contributed by atoms with Crippen molar-refractivity contribution in [3.8, 4) is 16.3 Å². The van der Waals surface area contributed by atoms with Crippen LogP contribution in [0.3, 0.4) is 0 Å². The molecule has 0 radical (unpaired) electrons. The SMILES string of the molecule is CCCCN(C(=O)c1ccccc1F)c1nnc(-c2cc(C)c(OCCNC(C)=O)c(C)c2)s1. The molecule has 0 atom stereocenters. The lowest BCUT2D eigenvalue weighted by Crippen LogP contribution is -2.32. The van der Waals surface area contributed by atoms with Crippen molar-refractivity contribution in [2.24, 2.45) is 0 Å². The van der Waals surface area contributed by atoms with Crippen molar-refractivity contribution in [3.05, 3.63) is 58.9 Å². The van der Waals surface area contributed by atoms with Crippen LogP contribution in [0, 0.1) is 19.7 Å². The Labute approximate surface area is 203 Å². The Bertz CT molecular complexity index is 1140. The van der Waals surface area contributed by atoms with Gasteiger partial charge < -0.3 is 10.1 Å². The molecule has 7 nitrogen and oxygen atoms in total. The molecule has 34 heavy (non-hydrogen) atoms. The van der Waals surface area contributed by atoms with Crippen LogP contribution in [0.1, 0.15) is 48.2 Å². The molecule has 9 heteroatoms. The summed E-state index contributed by atoms with van der Waals surface area (Å²) in [5.74, 6) is -0.317. The number of hydrogen-bond donors (Lipinski definition) is 1. The number of amides is 2. The van der Waals surface area contributed by atoms with E-state index in [1.807, 2.05) is 32.9 Å². The van der Waals surface area contributed by atoms with Crippen molar-refractivity contribution < 1.29 is 18.7 Å². The monoisotopic (exact) mass is 484 g/mol. The minimum Gasteiger partial charge on any atom is -0.491 e. The van der Waals surface area contributed by atoms with Gasteiger partial charge in [0.1, 0.15) is 23.2 Å². The first kappa shape index (κ1) is 25.3. The average Bonchev–Trinajstić information content (AvgIpc) is 3.28. The van der Waals surface area contributed by atoms with E-state index in [2.05, 4.69) is 15.5 Å². The summed E-state index contributed by atoms with van der Waals surface area (Å²) in [6.07, 6.45) is 1.65. The molecule has 2 aromatic carbocycles. The summed E-state index contributed by atoms with van der Waals surface area (Å²) in [6, 6.07) is 9.88. The molecule has 0 saturated heterocycles. The molecular weight excluding hydrogens is 455 g/mol. The number of hydrogen-bond acceptors (Lipinski definition) is 6. The number of aryl methyl sites for hydroxylation is 2. The molecule has 0 bridgehead atoms. The molecule has 2 amide bonds. The van der Waals surface area contributed by atoms with Gasteiger partial charge in [0.25, 0.3) is 5.91 Å². The molecule has 0 aliphatic carbocycles. The van der Waals surface area contributed by atoms with E-state index in [4.69, 9.17) is 4.74 Å². The molecule has 3 rings (SSSR count). The number of carbonyl (C=O) groups is 2. The van der Waals surface area contributed by atoms with Gasteiger partial charge in [-0.05, 0) is 55.7 Å². The molecule has 0 fully saturated rings. The molecule has 1 heterocycles. The van der Waals surface area contributed by atoms with Crippen molar-refractivity contribution >= 4 is 28.3 Å². The van der Waals surface area contributed by atoms with Gasteiger partial charge in [-0.25, -0.2) is 4.39 Å². The summed E-state index contributed by atoms with van der Waals surface area (Å²) in [4.78, 5) is 25.6. The summed E-state index contributed by atoms with van der Waals surface area (Å²) in [7, 11) is 0. The van der Waals surface area contributed by atoms with E-state index in [9.17, 15) is 14.0 Å². The highest BCUT2D eigenvalue weighted by molar-refractivity contribution is 7.18. The van der Waals surface area contributed by atoms with Crippen molar-refractivity contribution in [3.63, 3.8) is 0 Å². The zero-order valence-corrected chi connectivity index (χ0v) is 20.7. The number of nitrogens with one attached hydrogen (secondary N) is 1. The number of anilines is 1. The van der Waals surface area contributed by atoms with Gasteiger partial charge in [-0.1, -0.05) is 36.8 Å². The Morgan fingerprint density at radius 2 is 1.85 bits per heavy atom. The van der Waals surface area contributed by atoms with Gasteiger partial charge in [-0.3, -0.25) is 14.5 Å². The van der Waals surface area contributed by atoms with Crippen molar-refractivity contribution in [1.29, 1.82) is 0 Å². The molecule has 1 aromatic heterocycles. The van der Waals surface area contributed by atoms with Crippen LogP contribution in [0.4, 0.5) is 9.52 Å². The molecule has 0 aliphatic heterocycles. The van der Waals surface area contributed by atoms with E-state index < -0.39 is 11.7 Å². The van der Waals surface area contributed by atoms with E-state index in [-0.39, 0.29) is 11.5 Å². The van der Waals surface area contributed by atoms with Crippen LogP contribution in [0.2, 0.25) is 0 Å². The van der Waals surface area contributed by atoms with E-state index in [1.54, 1.807) is 12.1 Å². The maximum Gasteiger partial charge on any atom is 0.263 e. The number of carbonyl (C=O) groups excluding carboxylic acids is 2. The Balaban J connectivity index is 1.83. The van der Waals surface area contributed by atoms with Crippen LogP contribution in [0.25, 0.3) is 10.6 Å². The van der Waals surface area contributed by atoms with E-state index >= 15 is 0 Å². The maximum atomic E-state index is 14.3. The molecule has 0 unspecified atom stereocenters. The van der Waals surface area contributed by atoms with Gasteiger partial charge in [0.15, 0.2) is 0 Å². The third-order valence-corrected chi connectivity index (χ3v) is 6.15. The quantitative estimate of drug-likeness (QED) is 0.413. The molecule has 3 aromatic rings. The Morgan fingerprint density at radius 3 is 2.50 bits per heavy atom. The molecule has 1 N–H and O–H groups in total. The summed E-state index contributed by atoms with van der Waals surface area (Å²) in [6.45, 7) is 8.62. The topological polar surface area (TPSA) is 84.4 Å². The normalized spacial score (nSPS) is 10.7. The van der Waals surface area contributed by atoms with Crippen LogP contribution in [-0.2, 0) is 4.79 Å². The Kier molecular flexibility index (Phi) is 8.70. The van der Waals surface area contributed by atoms with Crippen molar-refractivity contribution in [1.82, 2.24) is 15.5 Å². The van der Waals surface area contributed by atoms with Crippen LogP contribution >= 0.6 is 11.3 Å². The zero-order chi connectivity index (χ0) is 24.7. The number of unbranched alkanes of at least 4 members (excludes halogenated alkanes) is 1. The number of ether oxygens (including phenoxy) is 1. The fourth-order valence-electron chi connectivity index (χ4n) is 3.50. The minimum atomic E-state index is -0.556. The minimum absolute atomic E-state index is 0.0165. The second-order valence-electron chi connectivity index (χ2n) is 7.95. The third kappa shape index (κ3) is 6.17. The predicted molar refractivity (Wildman–Crippen MR) is 132 cm³/mol. The molecule has 180 valence electrons. The molecular formula is C25H29FN4O3S. The fourth-order valence-corrected chi connectivity index (χ4v) is 4.36. The standard InChI is InChI=1S/C25H29FN4O3S/c1-5-6-12-30(24(32)20-9-7-8-10-21(20)26)25-29-28-23(34-25)19-14-16(2)22(17(3)15-19)33-13-11-27-18(4)31/h7-10,14-15H,5-6,11-13H2,1-4H3,(H,27,31). The van der Waals surface area contributed by atoms with Gasteiger partial charge in [0.05, 0.1) is 12.1 Å². The number of benzene rings is 2. The highest BCUT2D eigenvalue weighted by Gasteiger charge is 2.24. The lowest BCUT2D eigenvalue weighted by molar-refractivity contribution is -0.119. The van der Waals surface area contributed by atoms with Gasteiger partial charge in [-0.2, -0.15) is 0 Å². The zero-order valence-electron chi connectivity index (χ0n) is 19.9. The predicted octanol–water partition coefficient (Wildman–Crippen LogP) is 4.92. The number of aromatic nitrogens is 2. The first-order chi connectivity index (χ1) is 16.3. The Hall–Kier alpha value is -3.33. The summed E-state index contributed by atoms with van der Waals surface area (Å²) >= 11 is 1.29. The van der Waals surface area contributed by atoms with Gasteiger partial charge in [-0.15, -0.1) is 10.2 Å². The molecule has 0 spiro atoms. The third-order valence-electron chi connectivity index (χ3n) is 5.16. The van der Waals surface area contributed by atoms with Crippen molar-refractivity contribution in [2.75, 3.05) is 24.6 Å². The second-order valence-corrected chi connectivity index (χ2v) is 8.91. The summed E-state index contributed by atoms with van der Waals surface area (Å²) < 4.78 is 20.1. The first-order valence-electron chi connectivity index (χ1n) is 11.2. The van der Waals surface area contributed by atoms with Crippen LogP contribution in [-0.4, -0.2) is 41.7 Å². The second kappa shape index (κ2) is 11.7. The largest absolute Gasteiger partial charge is 0.491 e. The highest BCUT2D eigenvalue weighted by atomic mass is 32.1. The van der Waals surface area contributed by atoms with Gasteiger partial charge in [0.2, 0.25) is 11.0 Å². The van der Waals surface area contributed by atoms with Gasteiger partial charge in [0, 0.05) is 19.0 Å². The lowest BCUT2D eigenvalue weighted by atomic mass is 10.1.